The van der Waals surface area contributed by atoms with Crippen LogP contribution in [0.25, 0.3) is 11.4 Å². The summed E-state index contributed by atoms with van der Waals surface area (Å²) in [4.78, 5) is 27.2. The summed E-state index contributed by atoms with van der Waals surface area (Å²) in [6, 6.07) is 4.15. The van der Waals surface area contributed by atoms with Gasteiger partial charge in [-0.15, -0.1) is 0 Å². The van der Waals surface area contributed by atoms with Gasteiger partial charge in [0, 0.05) is 17.0 Å². The molecule has 0 aliphatic heterocycles. The summed E-state index contributed by atoms with van der Waals surface area (Å²) in [5.74, 6) is -0.162. The van der Waals surface area contributed by atoms with E-state index in [2.05, 4.69) is 10.1 Å². The molecule has 10 nitrogen and oxygen atoms in total. The van der Waals surface area contributed by atoms with E-state index in [1.54, 1.807) is 6.92 Å². The third-order valence-electron chi connectivity index (χ3n) is 3.57. The summed E-state index contributed by atoms with van der Waals surface area (Å²) in [5.41, 5.74) is 0.0418. The molecule has 0 aliphatic rings. The van der Waals surface area contributed by atoms with Crippen LogP contribution in [0.1, 0.15) is 23.2 Å². The Kier molecular flexibility index (Phi) is 5.84. The minimum absolute atomic E-state index is 0.0655. The Morgan fingerprint density at radius 1 is 1.36 bits per heavy atom. The Morgan fingerprint density at radius 3 is 2.82 bits per heavy atom. The van der Waals surface area contributed by atoms with Crippen molar-refractivity contribution in [1.82, 2.24) is 10.1 Å². The van der Waals surface area contributed by atoms with Crippen LogP contribution in [0.2, 0.25) is 0 Å². The van der Waals surface area contributed by atoms with Crippen LogP contribution in [0.15, 0.2) is 33.5 Å². The molecular formula is C17H15N3O7S. The van der Waals surface area contributed by atoms with Crippen molar-refractivity contribution in [2.75, 3.05) is 13.7 Å². The lowest BCUT2D eigenvalue weighted by molar-refractivity contribution is -0.385. The molecule has 0 spiro atoms. The number of methoxy groups -OCH3 is 1. The minimum Gasteiger partial charge on any atom is -0.493 e. The van der Waals surface area contributed by atoms with Crippen LogP contribution in [-0.2, 0) is 11.3 Å². The van der Waals surface area contributed by atoms with Crippen LogP contribution in [-0.4, -0.2) is 34.7 Å². The van der Waals surface area contributed by atoms with Crippen LogP contribution in [0.3, 0.4) is 0 Å². The lowest BCUT2D eigenvalue weighted by Crippen LogP contribution is -2.10. The SMILES string of the molecule is CCOc1cc(C(=O)OCc2nc(-c3ccsc3)no2)c([N+](=O)[O-])cc1OC. The molecule has 0 atom stereocenters. The van der Waals surface area contributed by atoms with Crippen molar-refractivity contribution in [3.8, 4) is 22.9 Å². The number of ether oxygens (including phenoxy) is 3. The Balaban J connectivity index is 1.79. The average molecular weight is 405 g/mol. The van der Waals surface area contributed by atoms with Gasteiger partial charge in [-0.2, -0.15) is 16.3 Å². The third-order valence-corrected chi connectivity index (χ3v) is 4.26. The fraction of sp³-hybridized carbons (Fsp3) is 0.235. The second-order valence-electron chi connectivity index (χ2n) is 5.31. The molecule has 3 rings (SSSR count). The maximum absolute atomic E-state index is 12.4. The minimum atomic E-state index is -0.925. The number of benzene rings is 1. The van der Waals surface area contributed by atoms with E-state index < -0.39 is 16.6 Å². The van der Waals surface area contributed by atoms with Crippen LogP contribution in [0, 0.1) is 10.1 Å². The number of nitrogens with zero attached hydrogens (tertiary/aromatic N) is 3. The molecule has 0 bridgehead atoms. The molecular weight excluding hydrogens is 390 g/mol. The van der Waals surface area contributed by atoms with Crippen LogP contribution < -0.4 is 9.47 Å². The molecule has 0 radical (unpaired) electrons. The van der Waals surface area contributed by atoms with Crippen LogP contribution >= 0.6 is 11.3 Å². The molecule has 3 aromatic rings. The fourth-order valence-electron chi connectivity index (χ4n) is 2.32. The van der Waals surface area contributed by atoms with E-state index in [0.29, 0.717) is 5.82 Å². The molecule has 28 heavy (non-hydrogen) atoms. The van der Waals surface area contributed by atoms with Gasteiger partial charge in [-0.3, -0.25) is 10.1 Å². The quantitative estimate of drug-likeness (QED) is 0.314. The average Bonchev–Trinajstić information content (AvgIpc) is 3.37. The first-order valence-corrected chi connectivity index (χ1v) is 8.99. The predicted molar refractivity (Wildman–Crippen MR) is 97.5 cm³/mol. The highest BCUT2D eigenvalue weighted by Crippen LogP contribution is 2.35. The highest BCUT2D eigenvalue weighted by Gasteiger charge is 2.26. The number of thiophene rings is 1. The molecule has 0 N–H and O–H groups in total. The standard InChI is InChI=1S/C17H15N3O7S/c1-3-25-14-6-11(12(20(22)23)7-13(14)24-2)17(21)26-8-15-18-16(19-27-15)10-4-5-28-9-10/h4-7,9H,3,8H2,1-2H3. The van der Waals surface area contributed by atoms with Gasteiger partial charge in [-0.05, 0) is 18.4 Å². The predicted octanol–water partition coefficient (Wildman–Crippen LogP) is 3.47. The van der Waals surface area contributed by atoms with Crippen molar-refractivity contribution in [3.05, 3.63) is 50.5 Å². The molecule has 0 fully saturated rings. The molecule has 146 valence electrons. The maximum Gasteiger partial charge on any atom is 0.345 e. The molecule has 0 unspecified atom stereocenters. The van der Waals surface area contributed by atoms with Crippen LogP contribution in [0.4, 0.5) is 5.69 Å². The first-order valence-electron chi connectivity index (χ1n) is 8.05. The second-order valence-corrected chi connectivity index (χ2v) is 6.09. The zero-order valence-electron chi connectivity index (χ0n) is 14.9. The Bertz CT molecular complexity index is 985. The summed E-state index contributed by atoms with van der Waals surface area (Å²) in [6.45, 7) is 1.69. The van der Waals surface area contributed by atoms with Crippen molar-refractivity contribution in [3.63, 3.8) is 0 Å². The number of hydrogen-bond acceptors (Lipinski definition) is 10. The van der Waals surface area contributed by atoms with E-state index in [0.717, 1.165) is 11.6 Å². The molecule has 0 amide bonds. The monoisotopic (exact) mass is 405 g/mol. The van der Waals surface area contributed by atoms with Crippen molar-refractivity contribution in [1.29, 1.82) is 0 Å². The topological polar surface area (TPSA) is 127 Å². The Morgan fingerprint density at radius 2 is 2.18 bits per heavy atom. The summed E-state index contributed by atoms with van der Waals surface area (Å²) in [5, 5.41) is 18.8. The smallest absolute Gasteiger partial charge is 0.345 e. The number of hydrogen-bond donors (Lipinski definition) is 0. The number of nitro benzene ring substituents is 1. The van der Waals surface area contributed by atoms with Gasteiger partial charge in [0.05, 0.1) is 24.7 Å². The van der Waals surface area contributed by atoms with Crippen molar-refractivity contribution < 1.29 is 28.5 Å². The van der Waals surface area contributed by atoms with E-state index in [9.17, 15) is 14.9 Å². The van der Waals surface area contributed by atoms with Crippen molar-refractivity contribution in [2.24, 2.45) is 0 Å². The first-order chi connectivity index (χ1) is 13.5. The van der Waals surface area contributed by atoms with Gasteiger partial charge in [-0.25, -0.2) is 4.79 Å². The fourth-order valence-corrected chi connectivity index (χ4v) is 2.95. The van der Waals surface area contributed by atoms with Gasteiger partial charge in [0.1, 0.15) is 5.56 Å². The zero-order chi connectivity index (χ0) is 20.1. The van der Waals surface area contributed by atoms with E-state index in [1.807, 2.05) is 16.8 Å². The van der Waals surface area contributed by atoms with Crippen molar-refractivity contribution in [2.45, 2.75) is 13.5 Å². The van der Waals surface area contributed by atoms with E-state index in [-0.39, 0.29) is 36.2 Å². The van der Waals surface area contributed by atoms with Gasteiger partial charge in [-0.1, -0.05) is 5.16 Å². The molecule has 0 saturated carbocycles. The number of nitro groups is 1. The normalized spacial score (nSPS) is 10.5. The van der Waals surface area contributed by atoms with Gasteiger partial charge in [0.25, 0.3) is 11.6 Å². The highest BCUT2D eigenvalue weighted by molar-refractivity contribution is 7.08. The number of carbonyl (C=O) groups is 1. The number of carbonyl (C=O) groups excluding carboxylic acids is 1. The Hall–Kier alpha value is -3.47. The summed E-state index contributed by atoms with van der Waals surface area (Å²) < 4.78 is 20.6. The summed E-state index contributed by atoms with van der Waals surface area (Å²) in [7, 11) is 1.35. The molecule has 11 heteroatoms. The van der Waals surface area contributed by atoms with Gasteiger partial charge >= 0.3 is 5.97 Å². The van der Waals surface area contributed by atoms with Crippen LogP contribution in [0.5, 0.6) is 11.5 Å². The molecule has 2 heterocycles. The second kappa shape index (κ2) is 8.48. The van der Waals surface area contributed by atoms with Crippen molar-refractivity contribution >= 4 is 23.0 Å². The molecule has 1 aromatic carbocycles. The molecule has 0 saturated heterocycles. The summed E-state index contributed by atoms with van der Waals surface area (Å²) in [6.07, 6.45) is 0. The Labute approximate surface area is 162 Å². The van der Waals surface area contributed by atoms with Gasteiger partial charge in [0.2, 0.25) is 5.82 Å². The van der Waals surface area contributed by atoms with E-state index in [4.69, 9.17) is 18.7 Å². The van der Waals surface area contributed by atoms with E-state index >= 15 is 0 Å². The number of aromatic nitrogens is 2. The summed E-state index contributed by atoms with van der Waals surface area (Å²) >= 11 is 1.48. The van der Waals surface area contributed by atoms with Gasteiger partial charge in [0.15, 0.2) is 18.1 Å². The van der Waals surface area contributed by atoms with Gasteiger partial charge < -0.3 is 18.7 Å². The largest absolute Gasteiger partial charge is 0.493 e. The third kappa shape index (κ3) is 4.09. The number of esters is 1. The highest BCUT2D eigenvalue weighted by atomic mass is 32.1. The lowest BCUT2D eigenvalue weighted by atomic mass is 10.1. The van der Waals surface area contributed by atoms with E-state index in [1.165, 1.54) is 24.5 Å². The molecule has 0 aliphatic carbocycles. The first kappa shape index (κ1) is 19.3. The lowest BCUT2D eigenvalue weighted by Gasteiger charge is -2.11. The molecule has 2 aromatic heterocycles. The maximum atomic E-state index is 12.4. The number of rotatable bonds is 8. The zero-order valence-corrected chi connectivity index (χ0v) is 15.7.